The Labute approximate surface area is 125 Å². The quantitative estimate of drug-likeness (QED) is 0.908. The minimum atomic E-state index is 0.408. The third kappa shape index (κ3) is 3.15. The maximum Gasteiger partial charge on any atom is 0.133 e. The van der Waals surface area contributed by atoms with Gasteiger partial charge in [-0.25, -0.2) is 9.97 Å². The molecule has 1 aliphatic rings. The van der Waals surface area contributed by atoms with Crippen molar-refractivity contribution in [3.63, 3.8) is 0 Å². The van der Waals surface area contributed by atoms with E-state index < -0.39 is 0 Å². The molecule has 0 spiro atoms. The van der Waals surface area contributed by atoms with Crippen LogP contribution < -0.4 is 10.1 Å². The Morgan fingerprint density at radius 1 is 1.24 bits per heavy atom. The zero-order valence-corrected chi connectivity index (χ0v) is 12.8. The minimum Gasteiger partial charge on any atom is -0.490 e. The number of aromatic nitrogens is 2. The molecule has 0 atom stereocenters. The molecule has 1 aromatic heterocycles. The topological polar surface area (TPSA) is 47.0 Å². The summed E-state index contributed by atoms with van der Waals surface area (Å²) in [6, 6.07) is 8.18. The lowest BCUT2D eigenvalue weighted by Crippen LogP contribution is -2.06. The standard InChI is InChI=1S/C17H21N3O/c1-4-18-17-11(2)16(19-12(3)20-17)13-6-5-7-15(10-13)21-14-8-9-14/h5-7,10,14H,4,8-9H2,1-3H3,(H,18,19,20). The van der Waals surface area contributed by atoms with Crippen molar-refractivity contribution >= 4 is 5.82 Å². The second-order valence-corrected chi connectivity index (χ2v) is 5.47. The smallest absolute Gasteiger partial charge is 0.133 e. The highest BCUT2D eigenvalue weighted by atomic mass is 16.5. The molecule has 1 aliphatic carbocycles. The number of ether oxygens (including phenoxy) is 1. The monoisotopic (exact) mass is 283 g/mol. The molecule has 2 aromatic rings. The predicted octanol–water partition coefficient (Wildman–Crippen LogP) is 3.73. The number of hydrogen-bond acceptors (Lipinski definition) is 4. The molecule has 1 N–H and O–H groups in total. The number of nitrogens with one attached hydrogen (secondary N) is 1. The Balaban J connectivity index is 1.98. The van der Waals surface area contributed by atoms with Gasteiger partial charge in [-0.3, -0.25) is 0 Å². The summed E-state index contributed by atoms with van der Waals surface area (Å²) in [6.07, 6.45) is 2.74. The maximum atomic E-state index is 5.88. The first-order chi connectivity index (χ1) is 10.2. The summed E-state index contributed by atoms with van der Waals surface area (Å²) in [7, 11) is 0. The van der Waals surface area contributed by atoms with Crippen molar-refractivity contribution in [3.05, 3.63) is 35.7 Å². The number of aryl methyl sites for hydroxylation is 1. The SMILES string of the molecule is CCNc1nc(C)nc(-c2cccc(OC3CC3)c2)c1C. The summed E-state index contributed by atoms with van der Waals surface area (Å²) >= 11 is 0. The van der Waals surface area contributed by atoms with Gasteiger partial charge < -0.3 is 10.1 Å². The molecule has 0 amide bonds. The summed E-state index contributed by atoms with van der Waals surface area (Å²) in [6.45, 7) is 6.90. The maximum absolute atomic E-state index is 5.88. The van der Waals surface area contributed by atoms with Crippen LogP contribution in [0, 0.1) is 13.8 Å². The number of anilines is 1. The van der Waals surface area contributed by atoms with Gasteiger partial charge in [0.25, 0.3) is 0 Å². The van der Waals surface area contributed by atoms with Gasteiger partial charge in [0.05, 0.1) is 11.8 Å². The van der Waals surface area contributed by atoms with Crippen LogP contribution in [0.3, 0.4) is 0 Å². The second-order valence-electron chi connectivity index (χ2n) is 5.47. The predicted molar refractivity (Wildman–Crippen MR) is 84.8 cm³/mol. The summed E-state index contributed by atoms with van der Waals surface area (Å²) in [5.74, 6) is 2.62. The van der Waals surface area contributed by atoms with Crippen LogP contribution in [0.15, 0.2) is 24.3 Å². The highest BCUT2D eigenvalue weighted by Gasteiger charge is 2.23. The fourth-order valence-corrected chi connectivity index (χ4v) is 2.34. The fourth-order valence-electron chi connectivity index (χ4n) is 2.34. The van der Waals surface area contributed by atoms with Gasteiger partial charge in [0.1, 0.15) is 17.4 Å². The molecule has 110 valence electrons. The van der Waals surface area contributed by atoms with Gasteiger partial charge in [-0.15, -0.1) is 0 Å². The van der Waals surface area contributed by atoms with Gasteiger partial charge in [-0.2, -0.15) is 0 Å². The average molecular weight is 283 g/mol. The molecule has 1 fully saturated rings. The van der Waals surface area contributed by atoms with Gasteiger partial charge in [0, 0.05) is 17.7 Å². The Morgan fingerprint density at radius 2 is 2.05 bits per heavy atom. The van der Waals surface area contributed by atoms with E-state index in [9.17, 15) is 0 Å². The molecule has 4 nitrogen and oxygen atoms in total. The fraction of sp³-hybridized carbons (Fsp3) is 0.412. The molecule has 0 unspecified atom stereocenters. The van der Waals surface area contributed by atoms with E-state index in [4.69, 9.17) is 4.74 Å². The average Bonchev–Trinajstić information content (AvgIpc) is 3.27. The van der Waals surface area contributed by atoms with E-state index in [1.54, 1.807) is 0 Å². The summed E-state index contributed by atoms with van der Waals surface area (Å²) in [5.41, 5.74) is 3.13. The number of hydrogen-bond donors (Lipinski definition) is 1. The molecule has 1 saturated carbocycles. The second kappa shape index (κ2) is 5.72. The van der Waals surface area contributed by atoms with Crippen LogP contribution in [0.1, 0.15) is 31.2 Å². The van der Waals surface area contributed by atoms with Crippen LogP contribution in [0.5, 0.6) is 5.75 Å². The lowest BCUT2D eigenvalue weighted by molar-refractivity contribution is 0.303. The van der Waals surface area contributed by atoms with Gasteiger partial charge in [0.2, 0.25) is 0 Å². The van der Waals surface area contributed by atoms with Gasteiger partial charge >= 0.3 is 0 Å². The molecule has 0 aliphatic heterocycles. The zero-order chi connectivity index (χ0) is 14.8. The first-order valence-corrected chi connectivity index (χ1v) is 7.53. The van der Waals surface area contributed by atoms with E-state index >= 15 is 0 Å². The molecule has 0 radical (unpaired) electrons. The molecule has 1 heterocycles. The van der Waals surface area contributed by atoms with Crippen molar-refractivity contribution in [2.75, 3.05) is 11.9 Å². The van der Waals surface area contributed by atoms with Crippen LogP contribution in [-0.4, -0.2) is 22.6 Å². The van der Waals surface area contributed by atoms with Crippen molar-refractivity contribution in [3.8, 4) is 17.0 Å². The summed E-state index contributed by atoms with van der Waals surface area (Å²) < 4.78 is 5.88. The summed E-state index contributed by atoms with van der Waals surface area (Å²) in [4.78, 5) is 9.09. The summed E-state index contributed by atoms with van der Waals surface area (Å²) in [5, 5.41) is 3.30. The molecule has 21 heavy (non-hydrogen) atoms. The Hall–Kier alpha value is -2.10. The first-order valence-electron chi connectivity index (χ1n) is 7.53. The normalized spacial score (nSPS) is 14.0. The van der Waals surface area contributed by atoms with E-state index in [1.165, 1.54) is 12.8 Å². The van der Waals surface area contributed by atoms with E-state index in [0.29, 0.717) is 6.10 Å². The van der Waals surface area contributed by atoms with Crippen molar-refractivity contribution in [1.82, 2.24) is 9.97 Å². The molecular formula is C17H21N3O. The minimum absolute atomic E-state index is 0.408. The Morgan fingerprint density at radius 3 is 2.76 bits per heavy atom. The van der Waals surface area contributed by atoms with Gasteiger partial charge in [-0.1, -0.05) is 12.1 Å². The third-order valence-corrected chi connectivity index (χ3v) is 3.54. The third-order valence-electron chi connectivity index (χ3n) is 3.54. The van der Waals surface area contributed by atoms with Crippen LogP contribution >= 0.6 is 0 Å². The molecule has 4 heteroatoms. The van der Waals surface area contributed by atoms with Crippen LogP contribution in [0.25, 0.3) is 11.3 Å². The zero-order valence-electron chi connectivity index (χ0n) is 12.8. The van der Waals surface area contributed by atoms with Crippen LogP contribution in [0.4, 0.5) is 5.82 Å². The van der Waals surface area contributed by atoms with Gasteiger partial charge in [-0.05, 0) is 45.7 Å². The molecular weight excluding hydrogens is 262 g/mol. The van der Waals surface area contributed by atoms with Crippen molar-refractivity contribution in [1.29, 1.82) is 0 Å². The van der Waals surface area contributed by atoms with Crippen LogP contribution in [-0.2, 0) is 0 Å². The lowest BCUT2D eigenvalue weighted by Gasteiger charge is -2.13. The van der Waals surface area contributed by atoms with E-state index in [1.807, 2.05) is 19.1 Å². The Bertz CT molecular complexity index is 650. The molecule has 3 rings (SSSR count). The molecule has 0 saturated heterocycles. The van der Waals surface area contributed by atoms with Gasteiger partial charge in [0.15, 0.2) is 0 Å². The Kier molecular flexibility index (Phi) is 3.78. The van der Waals surface area contributed by atoms with E-state index in [2.05, 4.69) is 41.3 Å². The first kappa shape index (κ1) is 13.9. The van der Waals surface area contributed by atoms with Crippen molar-refractivity contribution in [2.24, 2.45) is 0 Å². The lowest BCUT2D eigenvalue weighted by atomic mass is 10.1. The number of rotatable bonds is 5. The highest BCUT2D eigenvalue weighted by Crippen LogP contribution is 2.31. The van der Waals surface area contributed by atoms with Crippen molar-refractivity contribution < 1.29 is 4.74 Å². The highest BCUT2D eigenvalue weighted by molar-refractivity contribution is 5.69. The largest absolute Gasteiger partial charge is 0.490 e. The van der Waals surface area contributed by atoms with Crippen LogP contribution in [0.2, 0.25) is 0 Å². The number of nitrogens with zero attached hydrogens (tertiary/aromatic N) is 2. The molecule has 0 bridgehead atoms. The molecule has 1 aromatic carbocycles. The van der Waals surface area contributed by atoms with E-state index in [-0.39, 0.29) is 0 Å². The van der Waals surface area contributed by atoms with Crippen molar-refractivity contribution in [2.45, 2.75) is 39.7 Å². The number of benzene rings is 1. The van der Waals surface area contributed by atoms with E-state index in [0.717, 1.165) is 40.8 Å².